The summed E-state index contributed by atoms with van der Waals surface area (Å²) in [4.78, 5) is 13.6. The number of nitrogens with zero attached hydrogens (tertiary/aromatic N) is 1. The van der Waals surface area contributed by atoms with Crippen molar-refractivity contribution in [1.29, 1.82) is 0 Å². The van der Waals surface area contributed by atoms with Crippen LogP contribution in [0.15, 0.2) is 0 Å². The van der Waals surface area contributed by atoms with Crippen LogP contribution in [0, 0.1) is 11.3 Å². The molecule has 0 aromatic heterocycles. The fourth-order valence-electron chi connectivity index (χ4n) is 2.61. The van der Waals surface area contributed by atoms with Gasteiger partial charge in [-0.15, -0.1) is 0 Å². The Morgan fingerprint density at radius 3 is 2.39 bits per heavy atom. The number of esters is 1. The molecule has 1 heterocycles. The number of likely N-dealkylation sites (tertiary alicyclic amines) is 1. The molecule has 4 heteroatoms. The molecule has 4 nitrogen and oxygen atoms in total. The van der Waals surface area contributed by atoms with E-state index >= 15 is 0 Å². The van der Waals surface area contributed by atoms with Crippen LogP contribution in [-0.4, -0.2) is 43.7 Å². The highest BCUT2D eigenvalue weighted by atomic mass is 16.5. The van der Waals surface area contributed by atoms with Gasteiger partial charge in [0, 0.05) is 6.54 Å². The SMILES string of the molecule is COC(=O)C(N)CCN1CCC(C(C)(C)C)CC1. The Hall–Kier alpha value is -0.610. The summed E-state index contributed by atoms with van der Waals surface area (Å²) in [7, 11) is 1.39. The molecule has 1 aliphatic heterocycles. The number of rotatable bonds is 4. The summed E-state index contributed by atoms with van der Waals surface area (Å²) in [5.74, 6) is 0.502. The number of carbonyl (C=O) groups excluding carboxylic acids is 1. The molecule has 0 aliphatic carbocycles. The van der Waals surface area contributed by atoms with Gasteiger partial charge in [-0.3, -0.25) is 4.79 Å². The van der Waals surface area contributed by atoms with E-state index < -0.39 is 6.04 Å². The quantitative estimate of drug-likeness (QED) is 0.777. The molecule has 2 N–H and O–H groups in total. The van der Waals surface area contributed by atoms with Crippen molar-refractivity contribution in [2.45, 2.75) is 46.1 Å². The maximum atomic E-state index is 11.2. The van der Waals surface area contributed by atoms with Crippen LogP contribution in [0.25, 0.3) is 0 Å². The first kappa shape index (κ1) is 15.4. The van der Waals surface area contributed by atoms with Gasteiger partial charge in [0.1, 0.15) is 6.04 Å². The van der Waals surface area contributed by atoms with E-state index in [2.05, 4.69) is 30.4 Å². The molecule has 18 heavy (non-hydrogen) atoms. The lowest BCUT2D eigenvalue weighted by Gasteiger charge is -2.39. The van der Waals surface area contributed by atoms with Crippen molar-refractivity contribution >= 4 is 5.97 Å². The van der Waals surface area contributed by atoms with Gasteiger partial charge in [-0.1, -0.05) is 20.8 Å². The molecule has 0 spiro atoms. The summed E-state index contributed by atoms with van der Waals surface area (Å²) < 4.78 is 4.63. The predicted octanol–water partition coefficient (Wildman–Crippen LogP) is 1.63. The minimum Gasteiger partial charge on any atom is -0.468 e. The van der Waals surface area contributed by atoms with E-state index in [0.717, 1.165) is 25.6 Å². The van der Waals surface area contributed by atoms with Crippen LogP contribution in [-0.2, 0) is 9.53 Å². The number of ether oxygens (including phenoxy) is 1. The third-order valence-electron chi connectivity index (χ3n) is 4.07. The van der Waals surface area contributed by atoms with Crippen LogP contribution in [0.3, 0.4) is 0 Å². The molecule has 1 rings (SSSR count). The first-order chi connectivity index (χ1) is 8.34. The molecule has 0 aromatic carbocycles. The van der Waals surface area contributed by atoms with E-state index in [0.29, 0.717) is 11.8 Å². The zero-order chi connectivity index (χ0) is 13.8. The van der Waals surface area contributed by atoms with Gasteiger partial charge in [0.25, 0.3) is 0 Å². The Balaban J connectivity index is 2.26. The summed E-state index contributed by atoms with van der Waals surface area (Å²) in [6.07, 6.45) is 3.18. The summed E-state index contributed by atoms with van der Waals surface area (Å²) in [5.41, 5.74) is 6.15. The predicted molar refractivity (Wildman–Crippen MR) is 73.2 cm³/mol. The van der Waals surface area contributed by atoms with Crippen molar-refractivity contribution in [3.63, 3.8) is 0 Å². The molecule has 0 radical (unpaired) electrons. The van der Waals surface area contributed by atoms with Gasteiger partial charge < -0.3 is 15.4 Å². The lowest BCUT2D eigenvalue weighted by molar-refractivity contribution is -0.142. The zero-order valence-corrected chi connectivity index (χ0v) is 12.2. The van der Waals surface area contributed by atoms with Gasteiger partial charge in [-0.2, -0.15) is 0 Å². The minimum atomic E-state index is -0.477. The molecule has 0 aromatic rings. The average Bonchev–Trinajstić information content (AvgIpc) is 2.34. The van der Waals surface area contributed by atoms with Crippen LogP contribution in [0.4, 0.5) is 0 Å². The first-order valence-electron chi connectivity index (χ1n) is 6.90. The largest absolute Gasteiger partial charge is 0.468 e. The Morgan fingerprint density at radius 1 is 1.39 bits per heavy atom. The average molecular weight is 256 g/mol. The molecule has 1 fully saturated rings. The smallest absolute Gasteiger partial charge is 0.322 e. The third-order valence-corrected chi connectivity index (χ3v) is 4.07. The molecule has 0 saturated carbocycles. The Bertz CT molecular complexity index is 265. The van der Waals surface area contributed by atoms with Crippen molar-refractivity contribution in [3.8, 4) is 0 Å². The van der Waals surface area contributed by atoms with Crippen molar-refractivity contribution in [2.75, 3.05) is 26.7 Å². The molecule has 1 atom stereocenters. The molecule has 1 aliphatic rings. The lowest BCUT2D eigenvalue weighted by atomic mass is 9.75. The maximum Gasteiger partial charge on any atom is 0.322 e. The summed E-state index contributed by atoms with van der Waals surface area (Å²) in [6.45, 7) is 10.1. The fourth-order valence-corrected chi connectivity index (χ4v) is 2.61. The highest BCUT2D eigenvalue weighted by Gasteiger charge is 2.28. The monoisotopic (exact) mass is 256 g/mol. The topological polar surface area (TPSA) is 55.6 Å². The lowest BCUT2D eigenvalue weighted by Crippen LogP contribution is -2.41. The van der Waals surface area contributed by atoms with Gasteiger partial charge in [-0.25, -0.2) is 0 Å². The van der Waals surface area contributed by atoms with E-state index in [1.807, 2.05) is 0 Å². The maximum absolute atomic E-state index is 11.2. The van der Waals surface area contributed by atoms with Crippen LogP contribution < -0.4 is 5.73 Å². The Morgan fingerprint density at radius 2 is 1.94 bits per heavy atom. The summed E-state index contributed by atoms with van der Waals surface area (Å²) in [5, 5.41) is 0. The third kappa shape index (κ3) is 4.58. The Labute approximate surface area is 111 Å². The van der Waals surface area contributed by atoms with Gasteiger partial charge in [-0.05, 0) is 43.7 Å². The molecular formula is C14H28N2O2. The zero-order valence-electron chi connectivity index (χ0n) is 12.2. The van der Waals surface area contributed by atoms with Crippen LogP contribution in [0.1, 0.15) is 40.0 Å². The second kappa shape index (κ2) is 6.53. The second-order valence-electron chi connectivity index (χ2n) is 6.40. The second-order valence-corrected chi connectivity index (χ2v) is 6.40. The van der Waals surface area contributed by atoms with E-state index in [4.69, 9.17) is 5.73 Å². The van der Waals surface area contributed by atoms with Gasteiger partial charge in [0.2, 0.25) is 0 Å². The van der Waals surface area contributed by atoms with Gasteiger partial charge in [0.15, 0.2) is 0 Å². The van der Waals surface area contributed by atoms with E-state index in [1.165, 1.54) is 20.0 Å². The van der Waals surface area contributed by atoms with Crippen molar-refractivity contribution < 1.29 is 9.53 Å². The summed E-state index contributed by atoms with van der Waals surface area (Å²) >= 11 is 0. The number of hydrogen-bond donors (Lipinski definition) is 1. The van der Waals surface area contributed by atoms with E-state index in [9.17, 15) is 4.79 Å². The van der Waals surface area contributed by atoms with Gasteiger partial charge >= 0.3 is 5.97 Å². The molecule has 0 amide bonds. The highest BCUT2D eigenvalue weighted by molar-refractivity contribution is 5.75. The molecular weight excluding hydrogens is 228 g/mol. The van der Waals surface area contributed by atoms with Gasteiger partial charge in [0.05, 0.1) is 7.11 Å². The molecule has 1 saturated heterocycles. The van der Waals surface area contributed by atoms with Crippen molar-refractivity contribution in [2.24, 2.45) is 17.1 Å². The van der Waals surface area contributed by atoms with Crippen molar-refractivity contribution in [1.82, 2.24) is 4.90 Å². The Kier molecular flexibility index (Phi) is 5.60. The van der Waals surface area contributed by atoms with E-state index in [1.54, 1.807) is 0 Å². The fraction of sp³-hybridized carbons (Fsp3) is 0.929. The highest BCUT2D eigenvalue weighted by Crippen LogP contribution is 2.34. The summed E-state index contributed by atoms with van der Waals surface area (Å²) in [6, 6.07) is -0.477. The molecule has 0 bridgehead atoms. The standard InChI is InChI=1S/C14H28N2O2/c1-14(2,3)11-5-8-16(9-6-11)10-7-12(15)13(17)18-4/h11-12H,5-10,15H2,1-4H3. The number of carbonyl (C=O) groups is 1. The normalized spacial score (nSPS) is 20.7. The van der Waals surface area contributed by atoms with Crippen LogP contribution >= 0.6 is 0 Å². The molecule has 106 valence electrons. The number of methoxy groups -OCH3 is 1. The van der Waals surface area contributed by atoms with Crippen LogP contribution in [0.5, 0.6) is 0 Å². The molecule has 1 unspecified atom stereocenters. The minimum absolute atomic E-state index is 0.306. The van der Waals surface area contributed by atoms with E-state index in [-0.39, 0.29) is 5.97 Å². The number of piperidine rings is 1. The number of nitrogens with two attached hydrogens (primary N) is 1. The number of hydrogen-bond acceptors (Lipinski definition) is 4. The van der Waals surface area contributed by atoms with Crippen LogP contribution in [0.2, 0.25) is 0 Å². The first-order valence-corrected chi connectivity index (χ1v) is 6.90. The van der Waals surface area contributed by atoms with Crippen molar-refractivity contribution in [3.05, 3.63) is 0 Å².